The largest absolute Gasteiger partial charge is 0.387 e. The molecule has 1 heterocycles. The molecule has 1 amide bonds. The van der Waals surface area contributed by atoms with E-state index in [1.165, 1.54) is 5.56 Å². The zero-order chi connectivity index (χ0) is 14.5. The fraction of sp³-hybridized carbons (Fsp3) is 0.250. The van der Waals surface area contributed by atoms with E-state index in [0.29, 0.717) is 12.2 Å². The zero-order valence-electron chi connectivity index (χ0n) is 12.1. The van der Waals surface area contributed by atoms with Gasteiger partial charge in [0, 0.05) is 20.6 Å². The summed E-state index contributed by atoms with van der Waals surface area (Å²) in [4.78, 5) is 18.1. The summed E-state index contributed by atoms with van der Waals surface area (Å²) in [7, 11) is 3.61. The third-order valence-corrected chi connectivity index (χ3v) is 3.12. The Bertz CT molecular complexity index is 593. The molecule has 1 N–H and O–H groups in total. The number of aryl methyl sites for hydroxylation is 1. The van der Waals surface area contributed by atoms with E-state index in [4.69, 9.17) is 0 Å². The molecule has 0 saturated carbocycles. The second kappa shape index (κ2) is 6.19. The average molecular weight is 269 g/mol. The fourth-order valence-corrected chi connectivity index (χ4v) is 2.02. The first-order valence-electron chi connectivity index (χ1n) is 6.55. The van der Waals surface area contributed by atoms with E-state index in [-0.39, 0.29) is 5.91 Å². The molecule has 0 aliphatic rings. The Morgan fingerprint density at radius 3 is 2.70 bits per heavy atom. The molecular formula is C16H19N3O. The summed E-state index contributed by atoms with van der Waals surface area (Å²) in [5.41, 5.74) is 3.66. The van der Waals surface area contributed by atoms with Crippen LogP contribution >= 0.6 is 0 Å². The first-order chi connectivity index (χ1) is 9.60. The maximum absolute atomic E-state index is 12.3. The molecule has 0 unspecified atom stereocenters. The molecule has 2 aromatic rings. The van der Waals surface area contributed by atoms with Gasteiger partial charge in [-0.3, -0.25) is 4.79 Å². The predicted octanol–water partition coefficient (Wildman–Crippen LogP) is 2.70. The van der Waals surface area contributed by atoms with Crippen LogP contribution in [-0.4, -0.2) is 29.9 Å². The summed E-state index contributed by atoms with van der Waals surface area (Å²) in [5, 5.41) is 2.98. The van der Waals surface area contributed by atoms with Crippen molar-refractivity contribution in [2.75, 3.05) is 19.4 Å². The van der Waals surface area contributed by atoms with Gasteiger partial charge in [0.25, 0.3) is 5.91 Å². The van der Waals surface area contributed by atoms with Crippen LogP contribution in [0.5, 0.6) is 0 Å². The monoisotopic (exact) mass is 269 g/mol. The van der Waals surface area contributed by atoms with Crippen molar-refractivity contribution in [2.24, 2.45) is 0 Å². The molecule has 4 heteroatoms. The number of carbonyl (C=O) groups excluding carboxylic acids is 1. The van der Waals surface area contributed by atoms with Gasteiger partial charge in [0.1, 0.15) is 5.69 Å². The minimum atomic E-state index is -0.0749. The molecule has 0 saturated heterocycles. The van der Waals surface area contributed by atoms with Gasteiger partial charge >= 0.3 is 0 Å². The number of anilines is 1. The minimum Gasteiger partial charge on any atom is -0.387 e. The lowest BCUT2D eigenvalue weighted by atomic mass is 10.1. The Morgan fingerprint density at radius 1 is 1.30 bits per heavy atom. The number of amides is 1. The van der Waals surface area contributed by atoms with Gasteiger partial charge in [-0.15, -0.1) is 0 Å². The number of rotatable bonds is 4. The van der Waals surface area contributed by atoms with Crippen molar-refractivity contribution in [1.82, 2.24) is 9.88 Å². The van der Waals surface area contributed by atoms with Crippen LogP contribution in [0.3, 0.4) is 0 Å². The molecule has 0 aliphatic carbocycles. The molecule has 0 fully saturated rings. The van der Waals surface area contributed by atoms with E-state index in [1.807, 2.05) is 38.2 Å². The van der Waals surface area contributed by atoms with E-state index in [0.717, 1.165) is 11.3 Å². The summed E-state index contributed by atoms with van der Waals surface area (Å²) < 4.78 is 0. The van der Waals surface area contributed by atoms with Crippen LogP contribution in [0.25, 0.3) is 0 Å². The molecule has 20 heavy (non-hydrogen) atoms. The fourth-order valence-electron chi connectivity index (χ4n) is 2.02. The number of benzene rings is 1. The standard InChI is InChI=1S/C16H19N3O/c1-12-5-4-6-13(9-12)11-19(3)16(20)15-8-7-14(17-2)10-18-15/h4-10,17H,11H2,1-3H3. The van der Waals surface area contributed by atoms with Gasteiger partial charge in [0.15, 0.2) is 0 Å². The normalized spacial score (nSPS) is 10.2. The first-order valence-corrected chi connectivity index (χ1v) is 6.55. The summed E-state index contributed by atoms with van der Waals surface area (Å²) in [6.45, 7) is 2.62. The number of pyridine rings is 1. The highest BCUT2D eigenvalue weighted by atomic mass is 16.2. The molecule has 1 aromatic carbocycles. The Morgan fingerprint density at radius 2 is 2.10 bits per heavy atom. The van der Waals surface area contributed by atoms with Gasteiger partial charge in [-0.1, -0.05) is 29.8 Å². The van der Waals surface area contributed by atoms with Crippen molar-refractivity contribution in [3.63, 3.8) is 0 Å². The van der Waals surface area contributed by atoms with Crippen molar-refractivity contribution in [3.05, 3.63) is 59.4 Å². The Balaban J connectivity index is 2.07. The summed E-state index contributed by atoms with van der Waals surface area (Å²) >= 11 is 0. The second-order valence-electron chi connectivity index (χ2n) is 4.83. The van der Waals surface area contributed by atoms with E-state index in [2.05, 4.69) is 16.4 Å². The summed E-state index contributed by atoms with van der Waals surface area (Å²) in [5.74, 6) is -0.0749. The smallest absolute Gasteiger partial charge is 0.272 e. The Kier molecular flexibility index (Phi) is 4.35. The van der Waals surface area contributed by atoms with E-state index < -0.39 is 0 Å². The van der Waals surface area contributed by atoms with Gasteiger partial charge < -0.3 is 10.2 Å². The lowest BCUT2D eigenvalue weighted by molar-refractivity contribution is 0.0779. The number of hydrogen-bond acceptors (Lipinski definition) is 3. The second-order valence-corrected chi connectivity index (χ2v) is 4.83. The van der Waals surface area contributed by atoms with Gasteiger partial charge in [-0.25, -0.2) is 4.98 Å². The van der Waals surface area contributed by atoms with Gasteiger partial charge in [-0.2, -0.15) is 0 Å². The number of nitrogens with zero attached hydrogens (tertiary/aromatic N) is 2. The van der Waals surface area contributed by atoms with E-state index in [1.54, 1.807) is 24.2 Å². The molecule has 0 spiro atoms. The molecule has 104 valence electrons. The Hall–Kier alpha value is -2.36. The predicted molar refractivity (Wildman–Crippen MR) is 80.8 cm³/mol. The van der Waals surface area contributed by atoms with Crippen molar-refractivity contribution < 1.29 is 4.79 Å². The molecule has 0 bridgehead atoms. The highest BCUT2D eigenvalue weighted by molar-refractivity contribution is 5.92. The lowest BCUT2D eigenvalue weighted by Crippen LogP contribution is -2.27. The van der Waals surface area contributed by atoms with Crippen LogP contribution in [0.2, 0.25) is 0 Å². The number of carbonyl (C=O) groups is 1. The third kappa shape index (κ3) is 3.35. The molecule has 0 atom stereocenters. The molecule has 0 aliphatic heterocycles. The van der Waals surface area contributed by atoms with Crippen LogP contribution in [0.1, 0.15) is 21.6 Å². The lowest BCUT2D eigenvalue weighted by Gasteiger charge is -2.17. The molecule has 4 nitrogen and oxygen atoms in total. The number of hydrogen-bond donors (Lipinski definition) is 1. The van der Waals surface area contributed by atoms with Gasteiger partial charge in [-0.05, 0) is 24.6 Å². The Labute approximate surface area is 119 Å². The molecule has 0 radical (unpaired) electrons. The SMILES string of the molecule is CNc1ccc(C(=O)N(C)Cc2cccc(C)c2)nc1. The van der Waals surface area contributed by atoms with Crippen LogP contribution in [0, 0.1) is 6.92 Å². The van der Waals surface area contributed by atoms with Crippen LogP contribution < -0.4 is 5.32 Å². The van der Waals surface area contributed by atoms with Crippen molar-refractivity contribution >= 4 is 11.6 Å². The highest BCUT2D eigenvalue weighted by Crippen LogP contribution is 2.10. The third-order valence-electron chi connectivity index (χ3n) is 3.12. The zero-order valence-corrected chi connectivity index (χ0v) is 12.1. The first kappa shape index (κ1) is 14.1. The minimum absolute atomic E-state index is 0.0749. The van der Waals surface area contributed by atoms with Crippen LogP contribution in [0.4, 0.5) is 5.69 Å². The molecular weight excluding hydrogens is 250 g/mol. The number of aromatic nitrogens is 1. The summed E-state index contributed by atoms with van der Waals surface area (Å²) in [6.07, 6.45) is 1.66. The van der Waals surface area contributed by atoms with E-state index in [9.17, 15) is 4.79 Å². The average Bonchev–Trinajstić information content (AvgIpc) is 2.46. The number of nitrogens with one attached hydrogen (secondary N) is 1. The van der Waals surface area contributed by atoms with Gasteiger partial charge in [0.05, 0.1) is 11.9 Å². The summed E-state index contributed by atoms with van der Waals surface area (Å²) in [6, 6.07) is 11.7. The van der Waals surface area contributed by atoms with Crippen LogP contribution in [0.15, 0.2) is 42.6 Å². The maximum Gasteiger partial charge on any atom is 0.272 e. The van der Waals surface area contributed by atoms with Crippen molar-refractivity contribution in [2.45, 2.75) is 13.5 Å². The quantitative estimate of drug-likeness (QED) is 0.928. The highest BCUT2D eigenvalue weighted by Gasteiger charge is 2.13. The topological polar surface area (TPSA) is 45.2 Å². The van der Waals surface area contributed by atoms with Crippen molar-refractivity contribution in [3.8, 4) is 0 Å². The van der Waals surface area contributed by atoms with Gasteiger partial charge in [0.2, 0.25) is 0 Å². The van der Waals surface area contributed by atoms with Crippen molar-refractivity contribution in [1.29, 1.82) is 0 Å². The molecule has 1 aromatic heterocycles. The van der Waals surface area contributed by atoms with Crippen LogP contribution in [-0.2, 0) is 6.54 Å². The maximum atomic E-state index is 12.3. The van der Waals surface area contributed by atoms with E-state index >= 15 is 0 Å². The molecule has 2 rings (SSSR count).